The zero-order valence-electron chi connectivity index (χ0n) is 16.8. The van der Waals surface area contributed by atoms with Gasteiger partial charge < -0.3 is 19.9 Å². The van der Waals surface area contributed by atoms with E-state index in [-0.39, 0.29) is 11.5 Å². The molecule has 0 bridgehead atoms. The number of carbonyl (C=O) groups is 3. The van der Waals surface area contributed by atoms with E-state index in [1.54, 1.807) is 34.1 Å². The van der Waals surface area contributed by atoms with Gasteiger partial charge in [-0.3, -0.25) is 9.59 Å². The van der Waals surface area contributed by atoms with Crippen molar-refractivity contribution in [1.82, 2.24) is 9.80 Å². The number of hydrogen-bond acceptors (Lipinski definition) is 6. The van der Waals surface area contributed by atoms with Crippen LogP contribution in [0.5, 0.6) is 0 Å². The summed E-state index contributed by atoms with van der Waals surface area (Å²) in [5.41, 5.74) is 0.714. The van der Waals surface area contributed by atoms with Gasteiger partial charge >= 0.3 is 5.97 Å². The van der Waals surface area contributed by atoms with Gasteiger partial charge in [-0.25, -0.2) is 4.79 Å². The third-order valence-electron chi connectivity index (χ3n) is 4.61. The van der Waals surface area contributed by atoms with Crippen molar-refractivity contribution in [2.24, 2.45) is 0 Å². The molecule has 1 aliphatic rings. The number of nitrogens with zero attached hydrogens (tertiary/aromatic N) is 3. The molecule has 1 aliphatic heterocycles. The van der Waals surface area contributed by atoms with Gasteiger partial charge in [-0.15, -0.1) is 0 Å². The standard InChI is InChI=1S/C21H26N4O4/c1-3-4-13-29-21(28)18-7-5-6-8-19(18)23-15-17(14-22)20(27)25-11-9-24(10-12-25)16(2)26/h5-8,15,23H,3-4,9-13H2,1-2H3/b17-15-. The number of ether oxygens (including phenoxy) is 1. The molecular formula is C21H26N4O4. The molecule has 0 aliphatic carbocycles. The van der Waals surface area contributed by atoms with Crippen LogP contribution in [0.2, 0.25) is 0 Å². The monoisotopic (exact) mass is 398 g/mol. The van der Waals surface area contributed by atoms with E-state index in [0.717, 1.165) is 12.8 Å². The van der Waals surface area contributed by atoms with E-state index >= 15 is 0 Å². The number of nitriles is 1. The van der Waals surface area contributed by atoms with Gasteiger partial charge in [-0.1, -0.05) is 25.5 Å². The summed E-state index contributed by atoms with van der Waals surface area (Å²) in [6.07, 6.45) is 3.01. The summed E-state index contributed by atoms with van der Waals surface area (Å²) in [5, 5.41) is 12.3. The Bertz CT molecular complexity index is 820. The van der Waals surface area contributed by atoms with Crippen molar-refractivity contribution in [3.63, 3.8) is 0 Å². The average Bonchev–Trinajstić information content (AvgIpc) is 2.74. The van der Waals surface area contributed by atoms with E-state index in [1.165, 1.54) is 13.1 Å². The summed E-state index contributed by atoms with van der Waals surface area (Å²) in [6, 6.07) is 8.67. The van der Waals surface area contributed by atoms with Gasteiger partial charge in [-0.2, -0.15) is 5.26 Å². The SMILES string of the molecule is CCCCOC(=O)c1ccccc1N/C=C(/C#N)C(=O)N1CCN(C(C)=O)CC1. The maximum absolute atomic E-state index is 12.6. The molecule has 1 heterocycles. The first-order valence-corrected chi connectivity index (χ1v) is 9.65. The van der Waals surface area contributed by atoms with Crippen LogP contribution in [0.1, 0.15) is 37.0 Å². The largest absolute Gasteiger partial charge is 0.462 e. The van der Waals surface area contributed by atoms with Crippen molar-refractivity contribution in [2.75, 3.05) is 38.1 Å². The lowest BCUT2D eigenvalue weighted by Crippen LogP contribution is -2.50. The number of benzene rings is 1. The number of nitrogens with one attached hydrogen (secondary N) is 1. The molecule has 1 N–H and O–H groups in total. The first-order valence-electron chi connectivity index (χ1n) is 9.65. The van der Waals surface area contributed by atoms with E-state index in [2.05, 4.69) is 5.32 Å². The lowest BCUT2D eigenvalue weighted by molar-refractivity contribution is -0.136. The molecule has 0 spiro atoms. The number of unbranched alkanes of at least 4 members (excludes halogenated alkanes) is 1. The van der Waals surface area contributed by atoms with Crippen molar-refractivity contribution in [2.45, 2.75) is 26.7 Å². The molecule has 0 aromatic heterocycles. The Morgan fingerprint density at radius 1 is 1.17 bits per heavy atom. The van der Waals surface area contributed by atoms with Gasteiger partial charge in [0.05, 0.1) is 17.9 Å². The molecule has 2 amide bonds. The van der Waals surface area contributed by atoms with Crippen LogP contribution in [0.4, 0.5) is 5.69 Å². The van der Waals surface area contributed by atoms with Gasteiger partial charge in [0.15, 0.2) is 0 Å². The van der Waals surface area contributed by atoms with Gasteiger partial charge in [0.25, 0.3) is 5.91 Å². The average molecular weight is 398 g/mol. The summed E-state index contributed by atoms with van der Waals surface area (Å²) in [7, 11) is 0. The number of para-hydroxylation sites is 1. The second-order valence-electron chi connectivity index (χ2n) is 6.65. The minimum absolute atomic E-state index is 0.0303. The highest BCUT2D eigenvalue weighted by atomic mass is 16.5. The van der Waals surface area contributed by atoms with Gasteiger partial charge in [0, 0.05) is 39.3 Å². The first kappa shape index (κ1) is 22.0. The molecule has 29 heavy (non-hydrogen) atoms. The molecule has 154 valence electrons. The normalized spacial score (nSPS) is 14.2. The zero-order valence-corrected chi connectivity index (χ0v) is 16.8. The Hall–Kier alpha value is -3.34. The van der Waals surface area contributed by atoms with E-state index in [0.29, 0.717) is 44.0 Å². The summed E-state index contributed by atoms with van der Waals surface area (Å²) in [5.74, 6) is -0.899. The molecule has 0 atom stereocenters. The molecule has 2 rings (SSSR count). The van der Waals surface area contributed by atoms with Crippen molar-refractivity contribution in [3.8, 4) is 6.07 Å². The van der Waals surface area contributed by atoms with Crippen LogP contribution in [0.3, 0.4) is 0 Å². The van der Waals surface area contributed by atoms with Crippen LogP contribution < -0.4 is 5.32 Å². The highest BCUT2D eigenvalue weighted by Gasteiger charge is 2.24. The Kier molecular flexibility index (Phi) is 8.22. The molecule has 1 aromatic rings. The fraction of sp³-hybridized carbons (Fsp3) is 0.429. The summed E-state index contributed by atoms with van der Waals surface area (Å²) < 4.78 is 5.24. The molecule has 1 fully saturated rings. The van der Waals surface area contributed by atoms with Crippen LogP contribution in [-0.2, 0) is 14.3 Å². The number of hydrogen-bond donors (Lipinski definition) is 1. The van der Waals surface area contributed by atoms with E-state index in [1.807, 2.05) is 13.0 Å². The Morgan fingerprint density at radius 3 is 2.45 bits per heavy atom. The fourth-order valence-corrected chi connectivity index (χ4v) is 2.86. The lowest BCUT2D eigenvalue weighted by Gasteiger charge is -2.34. The predicted molar refractivity (Wildman–Crippen MR) is 108 cm³/mol. The zero-order chi connectivity index (χ0) is 21.2. The molecule has 1 saturated heterocycles. The maximum Gasteiger partial charge on any atom is 0.340 e. The molecule has 0 saturated carbocycles. The molecular weight excluding hydrogens is 372 g/mol. The third-order valence-corrected chi connectivity index (χ3v) is 4.61. The molecule has 8 nitrogen and oxygen atoms in total. The van der Waals surface area contributed by atoms with Crippen LogP contribution in [0.25, 0.3) is 0 Å². The Balaban J connectivity index is 2.06. The quantitative estimate of drug-likeness (QED) is 0.327. The number of esters is 1. The number of carbonyl (C=O) groups excluding carboxylic acids is 3. The second-order valence-corrected chi connectivity index (χ2v) is 6.65. The van der Waals surface area contributed by atoms with Crippen molar-refractivity contribution >= 4 is 23.5 Å². The van der Waals surface area contributed by atoms with E-state index in [4.69, 9.17) is 4.74 Å². The fourth-order valence-electron chi connectivity index (χ4n) is 2.86. The number of rotatable bonds is 7. The highest BCUT2D eigenvalue weighted by molar-refractivity contribution is 5.99. The summed E-state index contributed by atoms with van der Waals surface area (Å²) in [4.78, 5) is 39.5. The molecule has 0 unspecified atom stereocenters. The topological polar surface area (TPSA) is 103 Å². The van der Waals surface area contributed by atoms with Crippen LogP contribution >= 0.6 is 0 Å². The molecule has 1 aromatic carbocycles. The lowest BCUT2D eigenvalue weighted by atomic mass is 10.1. The number of amides is 2. The van der Waals surface area contributed by atoms with E-state index < -0.39 is 11.9 Å². The molecule has 8 heteroatoms. The minimum atomic E-state index is -0.458. The summed E-state index contributed by atoms with van der Waals surface area (Å²) in [6.45, 7) is 5.48. The number of anilines is 1. The van der Waals surface area contributed by atoms with E-state index in [9.17, 15) is 19.6 Å². The van der Waals surface area contributed by atoms with Crippen LogP contribution in [0.15, 0.2) is 36.0 Å². The maximum atomic E-state index is 12.6. The Morgan fingerprint density at radius 2 is 1.83 bits per heavy atom. The first-order chi connectivity index (χ1) is 14.0. The summed E-state index contributed by atoms with van der Waals surface area (Å²) >= 11 is 0. The van der Waals surface area contributed by atoms with Crippen LogP contribution in [0, 0.1) is 11.3 Å². The second kappa shape index (κ2) is 10.9. The highest BCUT2D eigenvalue weighted by Crippen LogP contribution is 2.17. The van der Waals surface area contributed by atoms with Crippen molar-refractivity contribution in [1.29, 1.82) is 5.26 Å². The smallest absolute Gasteiger partial charge is 0.340 e. The Labute approximate surface area is 170 Å². The van der Waals surface area contributed by atoms with Crippen molar-refractivity contribution < 1.29 is 19.1 Å². The number of piperazine rings is 1. The third kappa shape index (κ3) is 6.07. The van der Waals surface area contributed by atoms with Gasteiger partial charge in [-0.05, 0) is 18.6 Å². The van der Waals surface area contributed by atoms with Gasteiger partial charge in [0.1, 0.15) is 11.6 Å². The predicted octanol–water partition coefficient (Wildman–Crippen LogP) is 2.15. The molecule has 0 radical (unpaired) electrons. The van der Waals surface area contributed by atoms with Gasteiger partial charge in [0.2, 0.25) is 5.91 Å². The van der Waals surface area contributed by atoms with Crippen molar-refractivity contribution in [3.05, 3.63) is 41.6 Å². The minimum Gasteiger partial charge on any atom is -0.462 e. The van der Waals surface area contributed by atoms with Crippen LogP contribution in [-0.4, -0.2) is 60.4 Å².